The Morgan fingerprint density at radius 1 is 1.38 bits per heavy atom. The van der Waals surface area contributed by atoms with Gasteiger partial charge in [0.2, 0.25) is 5.91 Å². The minimum Gasteiger partial charge on any atom is -0.481 e. The molecule has 112 valence electrons. The van der Waals surface area contributed by atoms with Crippen molar-refractivity contribution in [2.75, 3.05) is 13.1 Å². The molecule has 0 saturated heterocycles. The maximum absolute atomic E-state index is 12.1. The van der Waals surface area contributed by atoms with Gasteiger partial charge in [0.15, 0.2) is 0 Å². The van der Waals surface area contributed by atoms with Gasteiger partial charge >= 0.3 is 5.97 Å². The zero-order valence-corrected chi connectivity index (χ0v) is 11.8. The van der Waals surface area contributed by atoms with Gasteiger partial charge in [-0.3, -0.25) is 14.4 Å². The summed E-state index contributed by atoms with van der Waals surface area (Å²) in [6.45, 7) is 2.48. The van der Waals surface area contributed by atoms with Crippen LogP contribution in [0.3, 0.4) is 0 Å². The van der Waals surface area contributed by atoms with E-state index in [1.807, 2.05) is 12.1 Å². The molecule has 6 heteroatoms. The summed E-state index contributed by atoms with van der Waals surface area (Å²) in [4.78, 5) is 35.9. The van der Waals surface area contributed by atoms with Crippen LogP contribution in [0.4, 0.5) is 0 Å². The van der Waals surface area contributed by atoms with E-state index in [2.05, 4.69) is 5.32 Å². The lowest BCUT2D eigenvalue weighted by Crippen LogP contribution is -2.39. The zero-order chi connectivity index (χ0) is 15.4. The van der Waals surface area contributed by atoms with Crippen molar-refractivity contribution < 1.29 is 19.5 Å². The Bertz CT molecular complexity index is 571. The molecule has 1 aromatic carbocycles. The molecular formula is C15H18N2O4. The van der Waals surface area contributed by atoms with Crippen molar-refractivity contribution in [3.63, 3.8) is 0 Å². The molecule has 0 bridgehead atoms. The molecule has 2 N–H and O–H groups in total. The molecule has 0 spiro atoms. The Morgan fingerprint density at radius 2 is 2.10 bits per heavy atom. The number of fused-ring (bicyclic) bond motifs is 1. The molecule has 1 unspecified atom stereocenters. The lowest BCUT2D eigenvalue weighted by Gasteiger charge is -2.16. The maximum Gasteiger partial charge on any atom is 0.303 e. The first-order chi connectivity index (χ1) is 9.97. The van der Waals surface area contributed by atoms with Crippen molar-refractivity contribution in [3.8, 4) is 0 Å². The number of rotatable bonds is 6. The first-order valence-corrected chi connectivity index (χ1v) is 6.83. The van der Waals surface area contributed by atoms with Gasteiger partial charge in [-0.1, -0.05) is 25.1 Å². The number of carbonyl (C=O) groups is 3. The van der Waals surface area contributed by atoms with Crippen LogP contribution in [0.1, 0.15) is 29.3 Å². The van der Waals surface area contributed by atoms with Crippen molar-refractivity contribution in [1.82, 2.24) is 10.2 Å². The summed E-state index contributed by atoms with van der Waals surface area (Å²) in [5.74, 6) is -1.44. The average Bonchev–Trinajstić information content (AvgIpc) is 2.73. The second-order valence-electron chi connectivity index (χ2n) is 5.33. The zero-order valence-electron chi connectivity index (χ0n) is 11.8. The molecule has 0 radical (unpaired) electrons. The van der Waals surface area contributed by atoms with Gasteiger partial charge in [0.05, 0.1) is 0 Å². The molecule has 0 saturated carbocycles. The average molecular weight is 290 g/mol. The van der Waals surface area contributed by atoms with Crippen LogP contribution < -0.4 is 5.32 Å². The Balaban J connectivity index is 1.82. The molecule has 0 aliphatic carbocycles. The van der Waals surface area contributed by atoms with Crippen molar-refractivity contribution in [2.24, 2.45) is 5.92 Å². The lowest BCUT2D eigenvalue weighted by molar-refractivity contribution is -0.138. The van der Waals surface area contributed by atoms with Crippen LogP contribution in [-0.2, 0) is 16.1 Å². The molecule has 1 heterocycles. The SMILES string of the molecule is CC(CNC(=O)CN1Cc2ccccc2C1=O)CC(=O)O. The number of hydrogen-bond acceptors (Lipinski definition) is 3. The minimum atomic E-state index is -0.887. The fraction of sp³-hybridized carbons (Fsp3) is 0.400. The molecule has 21 heavy (non-hydrogen) atoms. The lowest BCUT2D eigenvalue weighted by atomic mass is 10.1. The van der Waals surface area contributed by atoms with E-state index in [0.29, 0.717) is 18.7 Å². The van der Waals surface area contributed by atoms with E-state index in [-0.39, 0.29) is 30.7 Å². The highest BCUT2D eigenvalue weighted by Crippen LogP contribution is 2.21. The quantitative estimate of drug-likeness (QED) is 0.814. The fourth-order valence-electron chi connectivity index (χ4n) is 2.33. The van der Waals surface area contributed by atoms with Gasteiger partial charge in [0.1, 0.15) is 6.54 Å². The number of hydrogen-bond donors (Lipinski definition) is 2. The van der Waals surface area contributed by atoms with E-state index in [9.17, 15) is 14.4 Å². The molecule has 1 aliphatic heterocycles. The molecule has 1 aromatic rings. The van der Waals surface area contributed by atoms with Gasteiger partial charge in [0.25, 0.3) is 5.91 Å². The van der Waals surface area contributed by atoms with E-state index in [4.69, 9.17) is 5.11 Å². The van der Waals surface area contributed by atoms with E-state index >= 15 is 0 Å². The van der Waals surface area contributed by atoms with Crippen LogP contribution in [0.5, 0.6) is 0 Å². The van der Waals surface area contributed by atoms with Gasteiger partial charge < -0.3 is 15.3 Å². The summed E-state index contributed by atoms with van der Waals surface area (Å²) in [7, 11) is 0. The Labute approximate surface area is 122 Å². The van der Waals surface area contributed by atoms with Crippen LogP contribution in [0.25, 0.3) is 0 Å². The molecule has 2 rings (SSSR count). The van der Waals surface area contributed by atoms with Crippen LogP contribution in [0.2, 0.25) is 0 Å². The minimum absolute atomic E-state index is 0.00664. The van der Waals surface area contributed by atoms with Crippen LogP contribution in [0, 0.1) is 5.92 Å². The monoisotopic (exact) mass is 290 g/mol. The Hall–Kier alpha value is -2.37. The highest BCUT2D eigenvalue weighted by atomic mass is 16.4. The summed E-state index contributed by atoms with van der Waals surface area (Å²) in [6, 6.07) is 7.29. The van der Waals surface area contributed by atoms with Gasteiger partial charge in [0, 0.05) is 25.1 Å². The van der Waals surface area contributed by atoms with Crippen molar-refractivity contribution in [2.45, 2.75) is 19.9 Å². The third-order valence-corrected chi connectivity index (χ3v) is 3.40. The number of carboxylic acid groups (broad SMARTS) is 1. The molecular weight excluding hydrogens is 272 g/mol. The van der Waals surface area contributed by atoms with Crippen molar-refractivity contribution >= 4 is 17.8 Å². The van der Waals surface area contributed by atoms with E-state index in [1.54, 1.807) is 19.1 Å². The number of carbonyl (C=O) groups excluding carboxylic acids is 2. The van der Waals surface area contributed by atoms with Gasteiger partial charge in [-0.15, -0.1) is 0 Å². The summed E-state index contributed by atoms with van der Waals surface area (Å²) >= 11 is 0. The Morgan fingerprint density at radius 3 is 2.76 bits per heavy atom. The van der Waals surface area contributed by atoms with Crippen LogP contribution in [0.15, 0.2) is 24.3 Å². The van der Waals surface area contributed by atoms with Gasteiger partial charge in [-0.05, 0) is 17.5 Å². The molecule has 1 aliphatic rings. The molecule has 1 atom stereocenters. The number of aliphatic carboxylic acids is 1. The number of carboxylic acids is 1. The van der Waals surface area contributed by atoms with Gasteiger partial charge in [-0.2, -0.15) is 0 Å². The van der Waals surface area contributed by atoms with E-state index in [1.165, 1.54) is 4.90 Å². The maximum atomic E-state index is 12.1. The number of nitrogens with zero attached hydrogens (tertiary/aromatic N) is 1. The van der Waals surface area contributed by atoms with Crippen LogP contribution >= 0.6 is 0 Å². The highest BCUT2D eigenvalue weighted by molar-refractivity contribution is 6.00. The van der Waals surface area contributed by atoms with Crippen molar-refractivity contribution in [3.05, 3.63) is 35.4 Å². The Kier molecular flexibility index (Phi) is 4.57. The third-order valence-electron chi connectivity index (χ3n) is 3.40. The predicted octanol–water partition coefficient (Wildman–Crippen LogP) is 0.869. The third kappa shape index (κ3) is 3.81. The second-order valence-corrected chi connectivity index (χ2v) is 5.33. The topological polar surface area (TPSA) is 86.7 Å². The summed E-state index contributed by atoms with van der Waals surface area (Å²) in [5, 5.41) is 11.3. The standard InChI is InChI=1S/C15H18N2O4/c1-10(6-14(19)20)7-16-13(18)9-17-8-11-4-2-3-5-12(11)15(17)21/h2-5,10H,6-9H2,1H3,(H,16,18)(H,19,20). The number of amides is 2. The highest BCUT2D eigenvalue weighted by Gasteiger charge is 2.28. The first kappa shape index (κ1) is 15.0. The molecule has 6 nitrogen and oxygen atoms in total. The normalized spacial score (nSPS) is 14.7. The van der Waals surface area contributed by atoms with E-state index in [0.717, 1.165) is 5.56 Å². The first-order valence-electron chi connectivity index (χ1n) is 6.83. The molecule has 0 aromatic heterocycles. The summed E-state index contributed by atoms with van der Waals surface area (Å²) < 4.78 is 0. The van der Waals surface area contributed by atoms with Crippen molar-refractivity contribution in [1.29, 1.82) is 0 Å². The number of benzene rings is 1. The van der Waals surface area contributed by atoms with E-state index < -0.39 is 5.97 Å². The predicted molar refractivity (Wildman–Crippen MR) is 75.6 cm³/mol. The molecule has 2 amide bonds. The van der Waals surface area contributed by atoms with Gasteiger partial charge in [-0.25, -0.2) is 0 Å². The second kappa shape index (κ2) is 6.39. The molecule has 0 fully saturated rings. The number of nitrogens with one attached hydrogen (secondary N) is 1. The smallest absolute Gasteiger partial charge is 0.303 e. The fourth-order valence-corrected chi connectivity index (χ4v) is 2.33. The summed E-state index contributed by atoms with van der Waals surface area (Å²) in [6.07, 6.45) is 0.00830. The van der Waals surface area contributed by atoms with Crippen LogP contribution in [-0.4, -0.2) is 40.9 Å². The summed E-state index contributed by atoms with van der Waals surface area (Å²) in [5.41, 5.74) is 1.57. The largest absolute Gasteiger partial charge is 0.481 e.